The molecule has 4 fully saturated rings. The largest absolute Gasteiger partial charge is 0.390 e. The van der Waals surface area contributed by atoms with Gasteiger partial charge in [0.05, 0.1) is 11.1 Å². The number of hydrogen-bond acceptors (Lipinski definition) is 5. The Labute approximate surface area is 149 Å². The van der Waals surface area contributed by atoms with Crippen LogP contribution < -0.4 is 11.1 Å². The number of benzene rings is 1. The van der Waals surface area contributed by atoms with E-state index in [-0.39, 0.29) is 11.5 Å². The number of nitrogens with one attached hydrogen (secondary N) is 1. The molecule has 126 valence electrons. The molecule has 0 amide bonds. The van der Waals surface area contributed by atoms with Gasteiger partial charge in [-0.1, -0.05) is 15.9 Å². The van der Waals surface area contributed by atoms with E-state index in [4.69, 9.17) is 5.73 Å². The second-order valence-corrected chi connectivity index (χ2v) is 9.10. The number of hydrogen-bond donors (Lipinski definition) is 3. The Kier molecular flexibility index (Phi) is 2.99. The third-order valence-electron chi connectivity index (χ3n) is 6.09. The topological polar surface area (TPSA) is 84.1 Å². The molecule has 4 bridgehead atoms. The summed E-state index contributed by atoms with van der Waals surface area (Å²) in [7, 11) is 0. The fourth-order valence-electron chi connectivity index (χ4n) is 5.83. The lowest BCUT2D eigenvalue weighted by Crippen LogP contribution is -2.62. The summed E-state index contributed by atoms with van der Waals surface area (Å²) in [5.41, 5.74) is 6.23. The summed E-state index contributed by atoms with van der Waals surface area (Å²) in [4.78, 5) is 8.84. The number of nitrogens with two attached hydrogens (primary N) is 1. The molecule has 4 aliphatic rings. The van der Waals surface area contributed by atoms with Gasteiger partial charge in [-0.2, -0.15) is 4.98 Å². The smallest absolute Gasteiger partial charge is 0.222 e. The fraction of sp³-hybridized carbons (Fsp3) is 0.556. The molecule has 6 heteroatoms. The van der Waals surface area contributed by atoms with Crippen molar-refractivity contribution in [2.75, 3.05) is 11.1 Å². The van der Waals surface area contributed by atoms with Gasteiger partial charge in [0.25, 0.3) is 0 Å². The number of nitrogen functional groups attached to an aromatic ring is 1. The van der Waals surface area contributed by atoms with Crippen LogP contribution in [0.1, 0.15) is 38.5 Å². The van der Waals surface area contributed by atoms with Crippen LogP contribution in [0, 0.1) is 11.8 Å². The minimum absolute atomic E-state index is 0.0559. The lowest BCUT2D eigenvalue weighted by molar-refractivity contribution is -0.127. The van der Waals surface area contributed by atoms with Crippen molar-refractivity contribution in [1.29, 1.82) is 0 Å². The lowest BCUT2D eigenvalue weighted by atomic mass is 9.51. The Morgan fingerprint density at radius 1 is 1.17 bits per heavy atom. The molecule has 1 aromatic carbocycles. The SMILES string of the molecule is Nc1nc(NC23CC4CC(CC(O)(C4)C2)C3)c2ccc(Br)cc2n1. The molecule has 6 rings (SSSR count). The first kappa shape index (κ1) is 14.9. The zero-order valence-electron chi connectivity index (χ0n) is 13.4. The summed E-state index contributed by atoms with van der Waals surface area (Å²) in [5, 5.41) is 15.6. The Morgan fingerprint density at radius 2 is 1.92 bits per heavy atom. The highest BCUT2D eigenvalue weighted by atomic mass is 79.9. The third kappa shape index (κ3) is 2.30. The van der Waals surface area contributed by atoms with Crippen LogP contribution in [0.5, 0.6) is 0 Å². The van der Waals surface area contributed by atoms with Gasteiger partial charge in [0.2, 0.25) is 5.95 Å². The molecule has 24 heavy (non-hydrogen) atoms. The minimum Gasteiger partial charge on any atom is -0.390 e. The van der Waals surface area contributed by atoms with Gasteiger partial charge in [-0.25, -0.2) is 4.98 Å². The molecule has 1 aromatic heterocycles. The van der Waals surface area contributed by atoms with Crippen LogP contribution in [0.25, 0.3) is 10.9 Å². The fourth-order valence-corrected chi connectivity index (χ4v) is 6.18. The van der Waals surface area contributed by atoms with Gasteiger partial charge < -0.3 is 16.2 Å². The maximum absolute atomic E-state index is 10.9. The summed E-state index contributed by atoms with van der Waals surface area (Å²) in [5.74, 6) is 2.34. The average Bonchev–Trinajstić information content (AvgIpc) is 2.43. The monoisotopic (exact) mass is 388 g/mol. The van der Waals surface area contributed by atoms with Gasteiger partial charge >= 0.3 is 0 Å². The highest BCUT2D eigenvalue weighted by Gasteiger charge is 2.57. The van der Waals surface area contributed by atoms with E-state index in [1.807, 2.05) is 18.2 Å². The molecule has 2 unspecified atom stereocenters. The van der Waals surface area contributed by atoms with Crippen molar-refractivity contribution in [3.8, 4) is 0 Å². The molecular formula is C18H21BrN4O. The number of rotatable bonds is 2. The number of nitrogens with zero attached hydrogens (tertiary/aromatic N) is 2. The Balaban J connectivity index is 1.57. The van der Waals surface area contributed by atoms with E-state index in [0.717, 1.165) is 53.3 Å². The van der Waals surface area contributed by atoms with E-state index in [1.54, 1.807) is 0 Å². The molecule has 2 aromatic rings. The number of halogens is 1. The number of fused-ring (bicyclic) bond motifs is 1. The molecule has 0 saturated heterocycles. The first-order valence-corrected chi connectivity index (χ1v) is 9.45. The molecular weight excluding hydrogens is 368 g/mol. The standard InChI is InChI=1S/C18H21BrN4O/c19-12-1-2-13-14(4-12)21-16(20)22-15(13)23-17-5-10-3-11(6-17)8-18(24,7-10)9-17/h1-2,4,10-11,24H,3,5-9H2,(H3,20,21,22,23). The van der Waals surface area contributed by atoms with Crippen LogP contribution in [0.3, 0.4) is 0 Å². The maximum atomic E-state index is 10.9. The van der Waals surface area contributed by atoms with Gasteiger partial charge in [-0.05, 0) is 68.6 Å². The van der Waals surface area contributed by atoms with Crippen molar-refractivity contribution in [3.63, 3.8) is 0 Å². The summed E-state index contributed by atoms with van der Waals surface area (Å²) < 4.78 is 0.975. The van der Waals surface area contributed by atoms with Crippen molar-refractivity contribution in [2.24, 2.45) is 11.8 Å². The van der Waals surface area contributed by atoms with Crippen LogP contribution in [0.4, 0.5) is 11.8 Å². The molecule has 5 nitrogen and oxygen atoms in total. The van der Waals surface area contributed by atoms with E-state index in [0.29, 0.717) is 11.8 Å². The molecule has 0 aliphatic heterocycles. The van der Waals surface area contributed by atoms with Gasteiger partial charge in [0.1, 0.15) is 5.82 Å². The molecule has 0 radical (unpaired) electrons. The Morgan fingerprint density at radius 3 is 2.62 bits per heavy atom. The molecule has 0 spiro atoms. The maximum Gasteiger partial charge on any atom is 0.222 e. The highest BCUT2D eigenvalue weighted by Crippen LogP contribution is 2.58. The third-order valence-corrected chi connectivity index (χ3v) is 6.58. The van der Waals surface area contributed by atoms with Crippen molar-refractivity contribution >= 4 is 38.6 Å². The number of aromatic nitrogens is 2. The van der Waals surface area contributed by atoms with Crippen molar-refractivity contribution in [3.05, 3.63) is 22.7 Å². The number of anilines is 2. The predicted molar refractivity (Wildman–Crippen MR) is 97.6 cm³/mol. The van der Waals surface area contributed by atoms with E-state index in [9.17, 15) is 5.11 Å². The van der Waals surface area contributed by atoms with Crippen LogP contribution in [0.2, 0.25) is 0 Å². The second-order valence-electron chi connectivity index (χ2n) is 8.18. The van der Waals surface area contributed by atoms with Crippen molar-refractivity contribution in [2.45, 2.75) is 49.7 Å². The summed E-state index contributed by atoms with van der Waals surface area (Å²) in [6.07, 6.45) is 6.25. The minimum atomic E-state index is -0.492. The normalized spacial score (nSPS) is 37.1. The van der Waals surface area contributed by atoms with Crippen LogP contribution in [0.15, 0.2) is 22.7 Å². The highest BCUT2D eigenvalue weighted by molar-refractivity contribution is 9.10. The summed E-state index contributed by atoms with van der Waals surface area (Å²) >= 11 is 3.49. The van der Waals surface area contributed by atoms with E-state index in [1.165, 1.54) is 6.42 Å². The zero-order valence-corrected chi connectivity index (χ0v) is 15.0. The van der Waals surface area contributed by atoms with Crippen molar-refractivity contribution in [1.82, 2.24) is 9.97 Å². The summed E-state index contributed by atoms with van der Waals surface area (Å²) in [6.45, 7) is 0. The second kappa shape index (κ2) is 4.82. The van der Waals surface area contributed by atoms with Crippen molar-refractivity contribution < 1.29 is 5.11 Å². The van der Waals surface area contributed by atoms with E-state index in [2.05, 4.69) is 31.2 Å². The first-order valence-electron chi connectivity index (χ1n) is 8.65. The average molecular weight is 389 g/mol. The first-order chi connectivity index (χ1) is 11.4. The van der Waals surface area contributed by atoms with Gasteiger partial charge in [-0.15, -0.1) is 0 Å². The summed E-state index contributed by atoms with van der Waals surface area (Å²) in [6, 6.07) is 5.99. The van der Waals surface area contributed by atoms with E-state index < -0.39 is 5.60 Å². The predicted octanol–water partition coefficient (Wildman–Crippen LogP) is 3.47. The Hall–Kier alpha value is -1.40. The van der Waals surface area contributed by atoms with E-state index >= 15 is 0 Å². The molecule has 2 atom stereocenters. The zero-order chi connectivity index (χ0) is 16.5. The molecule has 4 N–H and O–H groups in total. The molecule has 1 heterocycles. The van der Waals surface area contributed by atoms with Crippen LogP contribution in [-0.4, -0.2) is 26.2 Å². The molecule has 4 saturated carbocycles. The van der Waals surface area contributed by atoms with Crippen LogP contribution in [-0.2, 0) is 0 Å². The van der Waals surface area contributed by atoms with Gasteiger partial charge in [0.15, 0.2) is 0 Å². The van der Waals surface area contributed by atoms with Crippen LogP contribution >= 0.6 is 15.9 Å². The van der Waals surface area contributed by atoms with Gasteiger partial charge in [-0.3, -0.25) is 0 Å². The quantitative estimate of drug-likeness (QED) is 0.733. The Bertz CT molecular complexity index is 820. The van der Waals surface area contributed by atoms with Gasteiger partial charge in [0, 0.05) is 15.4 Å². The molecule has 4 aliphatic carbocycles. The lowest BCUT2D eigenvalue weighted by Gasteiger charge is -2.60. The number of aliphatic hydroxyl groups is 1.